The van der Waals surface area contributed by atoms with Gasteiger partial charge in [-0.15, -0.1) is 0 Å². The summed E-state index contributed by atoms with van der Waals surface area (Å²) < 4.78 is 7.75. The highest BCUT2D eigenvalue weighted by Gasteiger charge is 2.58. The second kappa shape index (κ2) is 7.95. The van der Waals surface area contributed by atoms with E-state index >= 15 is 0 Å². The van der Waals surface area contributed by atoms with Crippen LogP contribution in [-0.2, 0) is 14.3 Å². The van der Waals surface area contributed by atoms with Crippen molar-refractivity contribution < 1.29 is 14.3 Å². The van der Waals surface area contributed by atoms with Crippen LogP contribution < -0.4 is 0 Å². The molecule has 0 aliphatic heterocycles. The molecule has 4 aliphatic rings. The number of carbonyl (C=O) groups is 2. The molecule has 0 radical (unpaired) electrons. The van der Waals surface area contributed by atoms with Crippen molar-refractivity contribution in [3.05, 3.63) is 35.4 Å². The highest BCUT2D eigenvalue weighted by molar-refractivity contribution is 5.86. The first-order valence-corrected chi connectivity index (χ1v) is 12.8. The van der Waals surface area contributed by atoms with Gasteiger partial charge in [0.05, 0.1) is 12.0 Å². The highest BCUT2D eigenvalue weighted by atomic mass is 16.5. The van der Waals surface area contributed by atoms with Crippen molar-refractivity contribution in [1.29, 1.82) is 0 Å². The Hall–Kier alpha value is -2.17. The normalized spacial score (nSPS) is 37.8. The topological polar surface area (TPSA) is 61.2 Å². The van der Waals surface area contributed by atoms with Crippen LogP contribution in [0.1, 0.15) is 91.2 Å². The summed E-state index contributed by atoms with van der Waals surface area (Å²) in [4.78, 5) is 28.4. The van der Waals surface area contributed by atoms with Gasteiger partial charge >= 0.3 is 5.97 Å². The van der Waals surface area contributed by atoms with Crippen LogP contribution in [0.5, 0.6) is 0 Å². The van der Waals surface area contributed by atoms with E-state index in [4.69, 9.17) is 4.74 Å². The third kappa shape index (κ3) is 3.45. The quantitative estimate of drug-likeness (QED) is 0.324. The summed E-state index contributed by atoms with van der Waals surface area (Å²) in [5.41, 5.74) is 4.93. The molecule has 0 amide bonds. The van der Waals surface area contributed by atoms with E-state index in [1.807, 2.05) is 6.33 Å². The summed E-state index contributed by atoms with van der Waals surface area (Å²) in [7, 11) is 0. The molecule has 33 heavy (non-hydrogen) atoms. The molecule has 5 heteroatoms. The number of aldehydes is 1. The van der Waals surface area contributed by atoms with Gasteiger partial charge in [-0.1, -0.05) is 39.3 Å². The van der Waals surface area contributed by atoms with E-state index in [1.54, 1.807) is 0 Å². The zero-order chi connectivity index (χ0) is 23.5. The van der Waals surface area contributed by atoms with E-state index in [0.717, 1.165) is 56.1 Å². The van der Waals surface area contributed by atoms with Crippen LogP contribution in [0, 0.1) is 28.6 Å². The fourth-order valence-corrected chi connectivity index (χ4v) is 7.98. The van der Waals surface area contributed by atoms with Crippen LogP contribution in [-0.4, -0.2) is 27.9 Å². The summed E-state index contributed by atoms with van der Waals surface area (Å²) in [6.45, 7) is 10.7. The van der Waals surface area contributed by atoms with E-state index in [2.05, 4.69) is 49.5 Å². The smallest absolute Gasteiger partial charge is 0.302 e. The molecule has 3 unspecified atom stereocenters. The van der Waals surface area contributed by atoms with Gasteiger partial charge < -0.3 is 9.30 Å². The summed E-state index contributed by atoms with van der Waals surface area (Å²) in [6.07, 6.45) is 14.8. The van der Waals surface area contributed by atoms with Gasteiger partial charge in [0.15, 0.2) is 0 Å². The van der Waals surface area contributed by atoms with Crippen molar-refractivity contribution in [3.8, 4) is 0 Å². The number of carbonyl (C=O) groups excluding carboxylic acids is 2. The van der Waals surface area contributed by atoms with Gasteiger partial charge in [0.25, 0.3) is 0 Å². The number of hydrogen-bond donors (Lipinski definition) is 0. The molecule has 4 aliphatic carbocycles. The maximum absolute atomic E-state index is 12.2. The van der Waals surface area contributed by atoms with Crippen molar-refractivity contribution in [2.45, 2.75) is 91.6 Å². The standard InChI is InChI=1S/C28H38N2O3/c1-17(2)25-14-30(16-29-25)26-19(15-31)12-24-22-7-6-20-13-21(33-18(3)32)8-10-27(20,4)23(22)9-11-28(24,26)5/h6,14-17,21-24H,7-13H2,1-5H3/t21-,22?,23?,24?,27-,28-/m0/s1. The predicted octanol–water partition coefficient (Wildman–Crippen LogP) is 5.92. The van der Waals surface area contributed by atoms with Crippen molar-refractivity contribution in [2.24, 2.45) is 28.6 Å². The first kappa shape index (κ1) is 22.6. The van der Waals surface area contributed by atoms with Crippen LogP contribution in [0.15, 0.2) is 29.7 Å². The van der Waals surface area contributed by atoms with Gasteiger partial charge in [-0.2, -0.15) is 0 Å². The average molecular weight is 451 g/mol. The Bertz CT molecular complexity index is 1030. The minimum Gasteiger partial charge on any atom is -0.462 e. The van der Waals surface area contributed by atoms with E-state index in [1.165, 1.54) is 24.6 Å². The van der Waals surface area contributed by atoms with Crippen molar-refractivity contribution in [3.63, 3.8) is 0 Å². The molecule has 0 spiro atoms. The van der Waals surface area contributed by atoms with Gasteiger partial charge in [-0.05, 0) is 67.6 Å². The average Bonchev–Trinajstić information content (AvgIpc) is 3.35. The van der Waals surface area contributed by atoms with Gasteiger partial charge in [0.2, 0.25) is 0 Å². The Morgan fingerprint density at radius 3 is 2.61 bits per heavy atom. The molecule has 0 aromatic carbocycles. The molecule has 0 bridgehead atoms. The van der Waals surface area contributed by atoms with E-state index in [-0.39, 0.29) is 22.9 Å². The Balaban J connectivity index is 1.45. The first-order chi connectivity index (χ1) is 15.7. The second-order valence-corrected chi connectivity index (χ2v) is 11.7. The summed E-state index contributed by atoms with van der Waals surface area (Å²) in [5, 5.41) is 0. The number of esters is 1. The molecule has 178 valence electrons. The number of hydrogen-bond acceptors (Lipinski definition) is 4. The Morgan fingerprint density at radius 2 is 1.94 bits per heavy atom. The molecule has 1 heterocycles. The van der Waals surface area contributed by atoms with E-state index in [0.29, 0.717) is 23.7 Å². The fourth-order valence-electron chi connectivity index (χ4n) is 7.98. The molecule has 1 aromatic heterocycles. The summed E-state index contributed by atoms with van der Waals surface area (Å²) in [5.74, 6) is 1.91. The van der Waals surface area contributed by atoms with Crippen molar-refractivity contribution in [2.75, 3.05) is 0 Å². The van der Waals surface area contributed by atoms with Crippen LogP contribution in [0.4, 0.5) is 0 Å². The molecule has 2 fully saturated rings. The van der Waals surface area contributed by atoms with Gasteiger partial charge in [-0.25, -0.2) is 4.98 Å². The van der Waals surface area contributed by atoms with Gasteiger partial charge in [-0.3, -0.25) is 9.59 Å². The Kier molecular flexibility index (Phi) is 5.45. The number of allylic oxidation sites excluding steroid dienone is 3. The maximum Gasteiger partial charge on any atom is 0.302 e. The molecule has 2 saturated carbocycles. The fraction of sp³-hybridized carbons (Fsp3) is 0.679. The predicted molar refractivity (Wildman–Crippen MR) is 128 cm³/mol. The number of imidazole rings is 1. The zero-order valence-electron chi connectivity index (χ0n) is 20.8. The largest absolute Gasteiger partial charge is 0.462 e. The molecule has 1 aromatic rings. The first-order valence-electron chi connectivity index (χ1n) is 12.8. The minimum absolute atomic E-state index is 0.00298. The SMILES string of the molecule is CC(=O)O[C@H]1CC[C@@]2(C)C(=CCC3C2CC[C@]2(C)C(n4cnc(C(C)C)c4)=C(C=O)CC32)C1. The zero-order valence-corrected chi connectivity index (χ0v) is 20.8. The van der Waals surface area contributed by atoms with Gasteiger partial charge in [0.1, 0.15) is 12.4 Å². The Labute approximate surface area is 197 Å². The number of rotatable bonds is 4. The monoisotopic (exact) mass is 450 g/mol. The summed E-state index contributed by atoms with van der Waals surface area (Å²) in [6, 6.07) is 0. The molecule has 5 nitrogen and oxygen atoms in total. The molecule has 5 rings (SSSR count). The minimum atomic E-state index is -0.169. The third-order valence-electron chi connectivity index (χ3n) is 9.66. The van der Waals surface area contributed by atoms with Crippen LogP contribution in [0.25, 0.3) is 5.70 Å². The lowest BCUT2D eigenvalue weighted by atomic mass is 9.47. The Morgan fingerprint density at radius 1 is 1.18 bits per heavy atom. The molecule has 0 saturated heterocycles. The van der Waals surface area contributed by atoms with Crippen molar-refractivity contribution >= 4 is 18.0 Å². The van der Waals surface area contributed by atoms with Crippen LogP contribution in [0.3, 0.4) is 0 Å². The lowest BCUT2D eigenvalue weighted by Gasteiger charge is -2.57. The van der Waals surface area contributed by atoms with E-state index < -0.39 is 0 Å². The number of aromatic nitrogens is 2. The van der Waals surface area contributed by atoms with Gasteiger partial charge in [0, 0.05) is 36.2 Å². The van der Waals surface area contributed by atoms with Crippen molar-refractivity contribution in [1.82, 2.24) is 9.55 Å². The van der Waals surface area contributed by atoms with E-state index in [9.17, 15) is 9.59 Å². The molecular weight excluding hydrogens is 412 g/mol. The molecular formula is C28H38N2O3. The second-order valence-electron chi connectivity index (χ2n) is 11.7. The lowest BCUT2D eigenvalue weighted by Crippen LogP contribution is -2.50. The number of nitrogens with zero attached hydrogens (tertiary/aromatic N) is 2. The number of ether oxygens (including phenoxy) is 1. The number of fused-ring (bicyclic) bond motifs is 5. The van der Waals surface area contributed by atoms with Crippen LogP contribution >= 0.6 is 0 Å². The molecule has 6 atom stereocenters. The highest BCUT2D eigenvalue weighted by Crippen LogP contribution is 2.66. The lowest BCUT2D eigenvalue weighted by molar-refractivity contribution is -0.148. The van der Waals surface area contributed by atoms with Crippen LogP contribution in [0.2, 0.25) is 0 Å². The maximum atomic E-state index is 12.2. The third-order valence-corrected chi connectivity index (χ3v) is 9.66. The molecule has 0 N–H and O–H groups in total. The summed E-state index contributed by atoms with van der Waals surface area (Å²) >= 11 is 0.